The Kier molecular flexibility index (Phi) is 4.52. The Morgan fingerprint density at radius 3 is 2.83 bits per heavy atom. The SMILES string of the molecule is CONCCCn1nc(C(C)NC2CC2)c2ccc(C3CC3)nc21. The van der Waals surface area contributed by atoms with Gasteiger partial charge in [0.05, 0.1) is 12.8 Å². The number of aromatic nitrogens is 3. The van der Waals surface area contributed by atoms with E-state index in [1.165, 1.54) is 36.8 Å². The Morgan fingerprint density at radius 1 is 1.29 bits per heavy atom. The molecule has 2 aromatic rings. The van der Waals surface area contributed by atoms with Gasteiger partial charge in [0.2, 0.25) is 0 Å². The second-order valence-electron chi connectivity index (χ2n) is 7.10. The maximum atomic E-state index is 4.95. The number of aryl methyl sites for hydroxylation is 1. The molecular weight excluding hydrogens is 302 g/mol. The van der Waals surface area contributed by atoms with Gasteiger partial charge in [-0.1, -0.05) is 0 Å². The average molecular weight is 329 g/mol. The van der Waals surface area contributed by atoms with E-state index in [0.29, 0.717) is 12.0 Å². The van der Waals surface area contributed by atoms with Crippen LogP contribution in [-0.2, 0) is 11.4 Å². The quantitative estimate of drug-likeness (QED) is 0.547. The lowest BCUT2D eigenvalue weighted by atomic mass is 10.1. The van der Waals surface area contributed by atoms with Crippen molar-refractivity contribution in [3.8, 4) is 0 Å². The highest BCUT2D eigenvalue weighted by Crippen LogP contribution is 2.40. The van der Waals surface area contributed by atoms with Gasteiger partial charge in [-0.2, -0.15) is 5.10 Å². The van der Waals surface area contributed by atoms with E-state index in [-0.39, 0.29) is 6.04 Å². The summed E-state index contributed by atoms with van der Waals surface area (Å²) in [5, 5.41) is 9.77. The van der Waals surface area contributed by atoms with Crippen LogP contribution in [0.4, 0.5) is 0 Å². The molecule has 2 fully saturated rings. The summed E-state index contributed by atoms with van der Waals surface area (Å²) in [5.41, 5.74) is 6.30. The molecule has 130 valence electrons. The molecule has 0 saturated heterocycles. The van der Waals surface area contributed by atoms with Gasteiger partial charge in [-0.25, -0.2) is 15.1 Å². The fraction of sp³-hybridized carbons (Fsp3) is 0.667. The van der Waals surface area contributed by atoms with Crippen molar-refractivity contribution in [2.75, 3.05) is 13.7 Å². The fourth-order valence-corrected chi connectivity index (χ4v) is 3.26. The molecule has 1 unspecified atom stereocenters. The monoisotopic (exact) mass is 329 g/mol. The van der Waals surface area contributed by atoms with Crippen LogP contribution in [-0.4, -0.2) is 34.5 Å². The molecule has 0 aliphatic heterocycles. The second kappa shape index (κ2) is 6.78. The normalized spacial score (nSPS) is 19.1. The summed E-state index contributed by atoms with van der Waals surface area (Å²) in [5.74, 6) is 0.665. The third-order valence-corrected chi connectivity index (χ3v) is 4.91. The zero-order valence-corrected chi connectivity index (χ0v) is 14.6. The second-order valence-corrected chi connectivity index (χ2v) is 7.10. The molecule has 24 heavy (non-hydrogen) atoms. The van der Waals surface area contributed by atoms with Crippen molar-refractivity contribution in [1.29, 1.82) is 0 Å². The Labute approximate surface area is 142 Å². The van der Waals surface area contributed by atoms with Gasteiger partial charge in [0.1, 0.15) is 0 Å². The first-order valence-electron chi connectivity index (χ1n) is 9.15. The zero-order valence-electron chi connectivity index (χ0n) is 14.6. The third kappa shape index (κ3) is 3.45. The lowest BCUT2D eigenvalue weighted by Crippen LogP contribution is -2.21. The van der Waals surface area contributed by atoms with Crippen molar-refractivity contribution in [2.45, 2.75) is 63.6 Å². The summed E-state index contributed by atoms with van der Waals surface area (Å²) in [6.45, 7) is 3.88. The van der Waals surface area contributed by atoms with Crippen LogP contribution in [0.3, 0.4) is 0 Å². The van der Waals surface area contributed by atoms with Gasteiger partial charge in [-0.15, -0.1) is 0 Å². The molecule has 0 amide bonds. The van der Waals surface area contributed by atoms with E-state index in [4.69, 9.17) is 14.9 Å². The van der Waals surface area contributed by atoms with Crippen LogP contribution >= 0.6 is 0 Å². The first kappa shape index (κ1) is 16.0. The van der Waals surface area contributed by atoms with Crippen LogP contribution < -0.4 is 10.8 Å². The molecule has 0 radical (unpaired) electrons. The summed E-state index contributed by atoms with van der Waals surface area (Å²) >= 11 is 0. The standard InChI is InChI=1S/C18H27N5O/c1-12(20-14-6-7-14)17-15-8-9-16(13-4-5-13)21-18(15)23(22-17)11-3-10-19-24-2/h8-9,12-14,19-20H,3-7,10-11H2,1-2H3. The molecule has 4 rings (SSSR count). The van der Waals surface area contributed by atoms with E-state index in [1.54, 1.807) is 7.11 Å². The minimum absolute atomic E-state index is 0.270. The van der Waals surface area contributed by atoms with Crippen molar-refractivity contribution in [3.63, 3.8) is 0 Å². The molecule has 0 bridgehead atoms. The van der Waals surface area contributed by atoms with Crippen molar-refractivity contribution >= 4 is 11.0 Å². The fourth-order valence-electron chi connectivity index (χ4n) is 3.26. The molecule has 0 spiro atoms. The van der Waals surface area contributed by atoms with Crippen molar-refractivity contribution < 1.29 is 4.84 Å². The number of hydroxylamine groups is 1. The number of nitrogens with one attached hydrogen (secondary N) is 2. The lowest BCUT2D eigenvalue weighted by molar-refractivity contribution is 0.0899. The van der Waals surface area contributed by atoms with Gasteiger partial charge in [-0.05, 0) is 51.2 Å². The summed E-state index contributed by atoms with van der Waals surface area (Å²) in [4.78, 5) is 9.87. The summed E-state index contributed by atoms with van der Waals surface area (Å²) in [6.07, 6.45) is 6.09. The maximum absolute atomic E-state index is 4.95. The lowest BCUT2D eigenvalue weighted by Gasteiger charge is -2.10. The van der Waals surface area contributed by atoms with Crippen molar-refractivity contribution in [3.05, 3.63) is 23.5 Å². The van der Waals surface area contributed by atoms with Crippen LogP contribution in [0.15, 0.2) is 12.1 Å². The highest BCUT2D eigenvalue weighted by molar-refractivity contribution is 5.79. The molecule has 0 aromatic carbocycles. The summed E-state index contributed by atoms with van der Waals surface area (Å²) in [7, 11) is 1.65. The van der Waals surface area contributed by atoms with E-state index in [0.717, 1.165) is 30.9 Å². The minimum atomic E-state index is 0.270. The Balaban J connectivity index is 1.61. The van der Waals surface area contributed by atoms with Crippen molar-refractivity contribution in [2.24, 2.45) is 0 Å². The van der Waals surface area contributed by atoms with Crippen LogP contribution in [0.1, 0.15) is 62.4 Å². The first-order chi connectivity index (χ1) is 11.8. The molecule has 2 heterocycles. The van der Waals surface area contributed by atoms with Crippen LogP contribution in [0.2, 0.25) is 0 Å². The third-order valence-electron chi connectivity index (χ3n) is 4.91. The largest absolute Gasteiger partial charge is 0.306 e. The van der Waals surface area contributed by atoms with Gasteiger partial charge in [-0.3, -0.25) is 0 Å². The molecule has 6 nitrogen and oxygen atoms in total. The Bertz CT molecular complexity index is 705. The number of nitrogens with zero attached hydrogens (tertiary/aromatic N) is 3. The minimum Gasteiger partial charge on any atom is -0.306 e. The van der Waals surface area contributed by atoms with Gasteiger partial charge in [0, 0.05) is 42.2 Å². The van der Waals surface area contributed by atoms with Gasteiger partial charge >= 0.3 is 0 Å². The number of rotatable bonds is 9. The number of hydrogen-bond acceptors (Lipinski definition) is 5. The topological polar surface area (TPSA) is 64.0 Å². The number of fused-ring (bicyclic) bond motifs is 1. The van der Waals surface area contributed by atoms with E-state index in [2.05, 4.69) is 34.5 Å². The maximum Gasteiger partial charge on any atom is 0.158 e. The molecular formula is C18H27N5O. The Hall–Kier alpha value is -1.50. The predicted molar refractivity (Wildman–Crippen MR) is 93.7 cm³/mol. The van der Waals surface area contributed by atoms with Crippen LogP contribution in [0, 0.1) is 0 Å². The van der Waals surface area contributed by atoms with E-state index in [1.807, 2.05) is 0 Å². The van der Waals surface area contributed by atoms with Gasteiger partial charge in [0.15, 0.2) is 5.65 Å². The highest BCUT2D eigenvalue weighted by atomic mass is 16.6. The summed E-state index contributed by atoms with van der Waals surface area (Å²) < 4.78 is 2.08. The predicted octanol–water partition coefficient (Wildman–Crippen LogP) is 2.66. The molecule has 1 atom stereocenters. The number of pyridine rings is 1. The highest BCUT2D eigenvalue weighted by Gasteiger charge is 2.28. The molecule has 2 aliphatic carbocycles. The smallest absolute Gasteiger partial charge is 0.158 e. The molecule has 2 saturated carbocycles. The van der Waals surface area contributed by atoms with Crippen LogP contribution in [0.5, 0.6) is 0 Å². The molecule has 6 heteroatoms. The van der Waals surface area contributed by atoms with Crippen LogP contribution in [0.25, 0.3) is 11.0 Å². The van der Waals surface area contributed by atoms with Gasteiger partial charge < -0.3 is 10.2 Å². The zero-order chi connectivity index (χ0) is 16.5. The van der Waals surface area contributed by atoms with E-state index < -0.39 is 0 Å². The van der Waals surface area contributed by atoms with E-state index >= 15 is 0 Å². The molecule has 2 aromatic heterocycles. The molecule has 2 N–H and O–H groups in total. The number of hydrogen-bond donors (Lipinski definition) is 2. The Morgan fingerprint density at radius 2 is 2.12 bits per heavy atom. The molecule has 2 aliphatic rings. The first-order valence-corrected chi connectivity index (χ1v) is 9.15. The average Bonchev–Trinajstić information content (AvgIpc) is 3.50. The van der Waals surface area contributed by atoms with Crippen molar-refractivity contribution in [1.82, 2.24) is 25.6 Å². The van der Waals surface area contributed by atoms with Gasteiger partial charge in [0.25, 0.3) is 0 Å². The van der Waals surface area contributed by atoms with E-state index in [9.17, 15) is 0 Å². The summed E-state index contributed by atoms with van der Waals surface area (Å²) in [6, 6.07) is 5.37.